The molecule has 0 radical (unpaired) electrons. The van der Waals surface area contributed by atoms with Crippen LogP contribution in [0.5, 0.6) is 0 Å². The van der Waals surface area contributed by atoms with Gasteiger partial charge in [0, 0.05) is 25.0 Å². The van der Waals surface area contributed by atoms with Crippen LogP contribution < -0.4 is 0 Å². The lowest BCUT2D eigenvalue weighted by atomic mass is 10.1. The van der Waals surface area contributed by atoms with Gasteiger partial charge >= 0.3 is 5.97 Å². The maximum absolute atomic E-state index is 12.4. The Morgan fingerprint density at radius 2 is 1.82 bits per heavy atom. The van der Waals surface area contributed by atoms with Crippen LogP contribution in [0.3, 0.4) is 0 Å². The van der Waals surface area contributed by atoms with Gasteiger partial charge in [0.2, 0.25) is 10.0 Å². The van der Waals surface area contributed by atoms with E-state index in [9.17, 15) is 13.2 Å². The molecule has 0 bridgehead atoms. The van der Waals surface area contributed by atoms with Gasteiger partial charge in [0.05, 0.1) is 16.1 Å². The second-order valence-corrected chi connectivity index (χ2v) is 9.03. The molecule has 1 aromatic heterocycles. The number of benzene rings is 2. The summed E-state index contributed by atoms with van der Waals surface area (Å²) in [5, 5.41) is 1.12. The molecular weight excluding hydrogens is 423 g/mol. The average Bonchev–Trinajstić information content (AvgIpc) is 2.66. The van der Waals surface area contributed by atoms with Crippen LogP contribution in [0.15, 0.2) is 53.4 Å². The minimum Gasteiger partial charge on any atom is -0.457 e. The van der Waals surface area contributed by atoms with Crippen molar-refractivity contribution < 1.29 is 17.9 Å². The van der Waals surface area contributed by atoms with Crippen molar-refractivity contribution in [1.29, 1.82) is 0 Å². The van der Waals surface area contributed by atoms with E-state index in [2.05, 4.69) is 4.98 Å². The van der Waals surface area contributed by atoms with E-state index in [1.54, 1.807) is 6.07 Å². The molecule has 0 unspecified atom stereocenters. The lowest BCUT2D eigenvalue weighted by Gasteiger charge is -2.14. The zero-order valence-corrected chi connectivity index (χ0v) is 17.3. The first-order valence-electron chi connectivity index (χ1n) is 8.13. The van der Waals surface area contributed by atoms with Crippen LogP contribution in [-0.2, 0) is 21.4 Å². The van der Waals surface area contributed by atoms with Gasteiger partial charge in [0.1, 0.15) is 16.7 Å². The molecule has 0 aliphatic carbocycles. The Kier molecular flexibility index (Phi) is 5.90. The molecule has 3 aromatic rings. The zero-order chi connectivity index (χ0) is 20.5. The fraction of sp³-hybridized carbons (Fsp3) is 0.158. The molecule has 28 heavy (non-hydrogen) atoms. The molecule has 146 valence electrons. The number of hydrogen-bond acceptors (Lipinski definition) is 5. The molecule has 0 N–H and O–H groups in total. The van der Waals surface area contributed by atoms with Gasteiger partial charge in [-0.3, -0.25) is 0 Å². The van der Waals surface area contributed by atoms with Crippen molar-refractivity contribution in [3.05, 3.63) is 69.8 Å². The molecule has 0 amide bonds. The minimum atomic E-state index is -3.80. The number of carbonyl (C=O) groups excluding carboxylic acids is 1. The molecule has 0 saturated heterocycles. The molecule has 0 fully saturated rings. The van der Waals surface area contributed by atoms with Crippen LogP contribution in [0, 0.1) is 0 Å². The Labute approximate surface area is 172 Å². The predicted octanol–water partition coefficient (Wildman–Crippen LogP) is 4.15. The van der Waals surface area contributed by atoms with E-state index in [4.69, 9.17) is 27.9 Å². The van der Waals surface area contributed by atoms with Crippen molar-refractivity contribution in [1.82, 2.24) is 9.29 Å². The highest BCUT2D eigenvalue weighted by molar-refractivity contribution is 7.89. The van der Waals surface area contributed by atoms with Crippen LogP contribution in [-0.4, -0.2) is 37.8 Å². The molecule has 0 aliphatic rings. The molecule has 0 saturated carbocycles. The Morgan fingerprint density at radius 3 is 2.54 bits per heavy atom. The predicted molar refractivity (Wildman–Crippen MR) is 108 cm³/mol. The molecule has 3 rings (SSSR count). The number of ether oxygens (including phenoxy) is 1. The number of pyridine rings is 1. The number of rotatable bonds is 5. The Hall–Kier alpha value is -2.19. The van der Waals surface area contributed by atoms with E-state index in [1.165, 1.54) is 32.3 Å². The largest absolute Gasteiger partial charge is 0.457 e. The van der Waals surface area contributed by atoms with Crippen LogP contribution in [0.4, 0.5) is 0 Å². The molecule has 0 spiro atoms. The summed E-state index contributed by atoms with van der Waals surface area (Å²) in [6, 6.07) is 13.2. The standard InChI is InChI=1S/C19H16Cl2N2O4S/c1-23(2)28(25,26)17-10-13(7-8-15(17)20)19(24)27-11-14-9-12-5-3-4-6-16(12)22-18(14)21/h3-10H,11H2,1-2H3. The van der Waals surface area contributed by atoms with Gasteiger partial charge in [-0.15, -0.1) is 0 Å². The van der Waals surface area contributed by atoms with Gasteiger partial charge in [-0.2, -0.15) is 0 Å². The molecular formula is C19H16Cl2N2O4S. The molecule has 0 aliphatic heterocycles. The maximum Gasteiger partial charge on any atom is 0.338 e. The van der Waals surface area contributed by atoms with Crippen LogP contribution in [0.25, 0.3) is 10.9 Å². The third kappa shape index (κ3) is 4.12. The van der Waals surface area contributed by atoms with Crippen molar-refractivity contribution in [2.45, 2.75) is 11.5 Å². The second kappa shape index (κ2) is 8.05. The topological polar surface area (TPSA) is 76.6 Å². The zero-order valence-electron chi connectivity index (χ0n) is 15.0. The Morgan fingerprint density at radius 1 is 1.11 bits per heavy atom. The Balaban J connectivity index is 1.84. The summed E-state index contributed by atoms with van der Waals surface area (Å²) < 4.78 is 31.0. The van der Waals surface area contributed by atoms with Crippen LogP contribution in [0.2, 0.25) is 10.2 Å². The number of nitrogens with zero attached hydrogens (tertiary/aromatic N) is 2. The van der Waals surface area contributed by atoms with Gasteiger partial charge in [0.15, 0.2) is 0 Å². The first kappa shape index (κ1) is 20.5. The van der Waals surface area contributed by atoms with Gasteiger partial charge < -0.3 is 4.74 Å². The van der Waals surface area contributed by atoms with Crippen molar-refractivity contribution in [2.24, 2.45) is 0 Å². The van der Waals surface area contributed by atoms with E-state index >= 15 is 0 Å². The number of esters is 1. The minimum absolute atomic E-state index is 0.0204. The Bertz CT molecular complexity index is 1160. The van der Waals surface area contributed by atoms with Gasteiger partial charge in [-0.05, 0) is 30.3 Å². The number of halogens is 2. The van der Waals surface area contributed by atoms with E-state index in [1.807, 2.05) is 24.3 Å². The summed E-state index contributed by atoms with van der Waals surface area (Å²) in [6.07, 6.45) is 0. The third-order valence-corrected chi connectivity index (χ3v) is 6.66. The number of para-hydroxylation sites is 1. The van der Waals surface area contributed by atoms with Gasteiger partial charge in [-0.1, -0.05) is 41.4 Å². The summed E-state index contributed by atoms with van der Waals surface area (Å²) in [5.41, 5.74) is 1.34. The smallest absolute Gasteiger partial charge is 0.338 e. The SMILES string of the molecule is CN(C)S(=O)(=O)c1cc(C(=O)OCc2cc3ccccc3nc2Cl)ccc1Cl. The lowest BCUT2D eigenvalue weighted by Crippen LogP contribution is -2.23. The lowest BCUT2D eigenvalue weighted by molar-refractivity contribution is 0.0472. The van der Waals surface area contributed by atoms with E-state index < -0.39 is 16.0 Å². The molecule has 1 heterocycles. The summed E-state index contributed by atoms with van der Waals surface area (Å²) in [5.74, 6) is -0.698. The summed E-state index contributed by atoms with van der Waals surface area (Å²) in [4.78, 5) is 16.5. The fourth-order valence-electron chi connectivity index (χ4n) is 2.49. The third-order valence-electron chi connectivity index (χ3n) is 4.03. The molecule has 9 heteroatoms. The summed E-state index contributed by atoms with van der Waals surface area (Å²) in [7, 11) is -1.04. The number of carbonyl (C=O) groups is 1. The number of sulfonamides is 1. The highest BCUT2D eigenvalue weighted by Crippen LogP contribution is 2.26. The number of hydrogen-bond donors (Lipinski definition) is 0. The molecule has 6 nitrogen and oxygen atoms in total. The maximum atomic E-state index is 12.4. The van der Waals surface area contributed by atoms with Crippen molar-refractivity contribution in [2.75, 3.05) is 14.1 Å². The van der Waals surface area contributed by atoms with Gasteiger partial charge in [0.25, 0.3) is 0 Å². The first-order chi connectivity index (χ1) is 13.2. The van der Waals surface area contributed by atoms with Crippen molar-refractivity contribution in [3.63, 3.8) is 0 Å². The quantitative estimate of drug-likeness (QED) is 0.441. The van der Waals surface area contributed by atoms with Crippen LogP contribution >= 0.6 is 23.2 Å². The molecule has 2 aromatic carbocycles. The summed E-state index contributed by atoms with van der Waals surface area (Å²) >= 11 is 12.2. The van der Waals surface area contributed by atoms with Crippen molar-refractivity contribution >= 4 is 50.1 Å². The number of fused-ring (bicyclic) bond motifs is 1. The van der Waals surface area contributed by atoms with E-state index in [0.717, 1.165) is 15.2 Å². The highest BCUT2D eigenvalue weighted by Gasteiger charge is 2.23. The average molecular weight is 439 g/mol. The van der Waals surface area contributed by atoms with Crippen molar-refractivity contribution in [3.8, 4) is 0 Å². The normalized spacial score (nSPS) is 11.8. The summed E-state index contributed by atoms with van der Waals surface area (Å²) in [6.45, 7) is -0.103. The fourth-order valence-corrected chi connectivity index (χ4v) is 4.08. The first-order valence-corrected chi connectivity index (χ1v) is 10.3. The van der Waals surface area contributed by atoms with E-state index in [0.29, 0.717) is 5.56 Å². The van der Waals surface area contributed by atoms with Gasteiger partial charge in [-0.25, -0.2) is 22.5 Å². The molecule has 0 atom stereocenters. The monoisotopic (exact) mass is 438 g/mol. The van der Waals surface area contributed by atoms with Crippen LogP contribution in [0.1, 0.15) is 15.9 Å². The number of aromatic nitrogens is 1. The van der Waals surface area contributed by atoms with E-state index in [-0.39, 0.29) is 27.2 Å². The second-order valence-electron chi connectivity index (χ2n) is 6.14. The highest BCUT2D eigenvalue weighted by atomic mass is 35.5.